The van der Waals surface area contributed by atoms with Crippen molar-refractivity contribution in [1.82, 2.24) is 10.2 Å². The second-order valence-corrected chi connectivity index (χ2v) is 9.28. The lowest BCUT2D eigenvalue weighted by Gasteiger charge is -2.30. The zero-order valence-electron chi connectivity index (χ0n) is 20.3. The summed E-state index contributed by atoms with van der Waals surface area (Å²) in [5.74, 6) is -1.61. The highest BCUT2D eigenvalue weighted by molar-refractivity contribution is 6.34. The van der Waals surface area contributed by atoms with Gasteiger partial charge in [-0.3, -0.25) is 9.59 Å². The average Bonchev–Trinajstić information content (AvgIpc) is 2.76. The van der Waals surface area contributed by atoms with Crippen molar-refractivity contribution >= 4 is 35.2 Å². The summed E-state index contributed by atoms with van der Waals surface area (Å²) in [6, 6.07) is 10.3. The van der Waals surface area contributed by atoms with Crippen LogP contribution in [0.1, 0.15) is 43.5 Å². The van der Waals surface area contributed by atoms with E-state index in [9.17, 15) is 24.8 Å². The minimum Gasteiger partial charge on any atom is -0.507 e. The van der Waals surface area contributed by atoms with Crippen LogP contribution in [0.4, 0.5) is 10.5 Å². The fraction of sp³-hybridized carbons (Fsp3) is 0.360. The van der Waals surface area contributed by atoms with Crippen molar-refractivity contribution in [2.24, 2.45) is 0 Å². The summed E-state index contributed by atoms with van der Waals surface area (Å²) < 4.78 is 5.14. The number of anilines is 1. The van der Waals surface area contributed by atoms with E-state index in [2.05, 4.69) is 10.6 Å². The summed E-state index contributed by atoms with van der Waals surface area (Å²) >= 11 is 6.26. The van der Waals surface area contributed by atoms with Crippen molar-refractivity contribution in [3.8, 4) is 11.8 Å². The summed E-state index contributed by atoms with van der Waals surface area (Å²) in [6.07, 6.45) is -0.825. The molecule has 0 aliphatic rings. The van der Waals surface area contributed by atoms with E-state index < -0.39 is 42.6 Å². The van der Waals surface area contributed by atoms with Crippen LogP contribution < -0.4 is 10.6 Å². The molecule has 2 aromatic rings. The Bertz CT molecular complexity index is 1130. The van der Waals surface area contributed by atoms with Gasteiger partial charge in [-0.25, -0.2) is 4.79 Å². The molecule has 1 unspecified atom stereocenters. The Morgan fingerprint density at radius 2 is 1.77 bits per heavy atom. The molecule has 35 heavy (non-hydrogen) atoms. The maximum Gasteiger partial charge on any atom is 0.408 e. The number of aromatic hydroxyl groups is 1. The molecule has 2 rings (SSSR count). The molecule has 0 spiro atoms. The zero-order valence-corrected chi connectivity index (χ0v) is 21.1. The number of aryl methyl sites for hydroxylation is 2. The Balaban J connectivity index is 2.45. The lowest BCUT2D eigenvalue weighted by molar-refractivity contribution is -0.137. The second kappa shape index (κ2) is 11.6. The van der Waals surface area contributed by atoms with Gasteiger partial charge in [-0.2, -0.15) is 5.26 Å². The largest absolute Gasteiger partial charge is 0.507 e. The second-order valence-electron chi connectivity index (χ2n) is 8.87. The van der Waals surface area contributed by atoms with Crippen LogP contribution in [0, 0.1) is 25.2 Å². The number of amides is 3. The molecule has 0 radical (unpaired) electrons. The van der Waals surface area contributed by atoms with Gasteiger partial charge in [-0.15, -0.1) is 0 Å². The number of nitrogens with one attached hydrogen (secondary N) is 2. The van der Waals surface area contributed by atoms with E-state index in [4.69, 9.17) is 16.3 Å². The molecule has 0 heterocycles. The van der Waals surface area contributed by atoms with Gasteiger partial charge in [0, 0.05) is 5.56 Å². The fourth-order valence-corrected chi connectivity index (χ4v) is 3.57. The molecular formula is C25H29ClN4O5. The number of nitrogens with zero attached hydrogens (tertiary/aromatic N) is 2. The average molecular weight is 501 g/mol. The fourth-order valence-electron chi connectivity index (χ4n) is 3.30. The van der Waals surface area contributed by atoms with Crippen molar-refractivity contribution in [2.75, 3.05) is 18.4 Å². The summed E-state index contributed by atoms with van der Waals surface area (Å²) in [5, 5.41) is 25.5. The first-order chi connectivity index (χ1) is 16.4. The molecule has 3 N–H and O–H groups in total. The lowest BCUT2D eigenvalue weighted by Crippen LogP contribution is -2.46. The van der Waals surface area contributed by atoms with Crippen LogP contribution in [0.15, 0.2) is 36.4 Å². The van der Waals surface area contributed by atoms with Gasteiger partial charge in [0.1, 0.15) is 30.5 Å². The van der Waals surface area contributed by atoms with Crippen LogP contribution in [0.25, 0.3) is 0 Å². The molecule has 3 amide bonds. The van der Waals surface area contributed by atoms with Crippen molar-refractivity contribution < 1.29 is 24.2 Å². The number of nitriles is 1. The number of carbonyl (C=O) groups is 3. The standard InChI is InChI=1S/C25H29ClN4O5/c1-15-8-7-11-18(26)20(15)29-23(33)21(17-10-6-9-16(2)22(17)32)30(13-12-27)19(31)14-28-24(34)35-25(3,4)5/h6-11,21,32H,13-14H2,1-5H3,(H,28,34)(H,29,33). The topological polar surface area (TPSA) is 132 Å². The maximum atomic E-state index is 13.5. The van der Waals surface area contributed by atoms with E-state index in [1.165, 1.54) is 6.07 Å². The molecule has 0 fully saturated rings. The third kappa shape index (κ3) is 7.36. The number of hydrogen-bond acceptors (Lipinski definition) is 6. The van der Waals surface area contributed by atoms with Crippen molar-refractivity contribution in [3.63, 3.8) is 0 Å². The number of rotatable bonds is 7. The Labute approximate surface area is 209 Å². The molecule has 0 aromatic heterocycles. The number of alkyl carbamates (subject to hydrolysis) is 1. The normalized spacial score (nSPS) is 11.7. The first kappa shape index (κ1) is 27.5. The minimum absolute atomic E-state index is 0.119. The van der Waals surface area contributed by atoms with Crippen LogP contribution >= 0.6 is 11.6 Å². The Hall–Kier alpha value is -3.77. The number of halogens is 1. The molecule has 9 nitrogen and oxygen atoms in total. The summed E-state index contributed by atoms with van der Waals surface area (Å²) in [5.41, 5.74) is 0.844. The van der Waals surface area contributed by atoms with Crippen LogP contribution in [0.2, 0.25) is 5.02 Å². The maximum absolute atomic E-state index is 13.5. The number of phenolic OH excluding ortho intramolecular Hbond substituents is 1. The van der Waals surface area contributed by atoms with Crippen LogP contribution in [-0.4, -0.2) is 46.6 Å². The third-order valence-corrected chi connectivity index (χ3v) is 5.25. The van der Waals surface area contributed by atoms with E-state index >= 15 is 0 Å². The summed E-state index contributed by atoms with van der Waals surface area (Å²) in [7, 11) is 0. The number of hydrogen-bond donors (Lipinski definition) is 3. The predicted molar refractivity (Wildman–Crippen MR) is 132 cm³/mol. The van der Waals surface area contributed by atoms with Gasteiger partial charge in [-0.1, -0.05) is 41.9 Å². The molecular weight excluding hydrogens is 472 g/mol. The van der Waals surface area contributed by atoms with Gasteiger partial charge in [0.15, 0.2) is 0 Å². The highest BCUT2D eigenvalue weighted by atomic mass is 35.5. The third-order valence-electron chi connectivity index (χ3n) is 4.94. The van der Waals surface area contributed by atoms with Crippen molar-refractivity contribution in [3.05, 3.63) is 58.1 Å². The molecule has 2 aromatic carbocycles. The van der Waals surface area contributed by atoms with Crippen molar-refractivity contribution in [2.45, 2.75) is 46.3 Å². The minimum atomic E-state index is -1.39. The van der Waals surface area contributed by atoms with E-state index in [-0.39, 0.29) is 16.3 Å². The van der Waals surface area contributed by atoms with Crippen LogP contribution in [0.5, 0.6) is 5.75 Å². The smallest absolute Gasteiger partial charge is 0.408 e. The van der Waals surface area contributed by atoms with Gasteiger partial charge in [0.2, 0.25) is 5.91 Å². The molecule has 0 aliphatic heterocycles. The first-order valence-electron chi connectivity index (χ1n) is 10.8. The molecule has 0 bridgehead atoms. The summed E-state index contributed by atoms with van der Waals surface area (Å²) in [6.45, 7) is 7.41. The van der Waals surface area contributed by atoms with E-state index in [1.807, 2.05) is 6.07 Å². The SMILES string of the molecule is Cc1cccc(C(C(=O)Nc2c(C)cccc2Cl)N(CC#N)C(=O)CNC(=O)OC(C)(C)C)c1O. The molecule has 0 saturated carbocycles. The van der Waals surface area contributed by atoms with Gasteiger partial charge < -0.3 is 25.4 Å². The highest BCUT2D eigenvalue weighted by Crippen LogP contribution is 2.34. The Kier molecular flexibility index (Phi) is 9.09. The Morgan fingerprint density at radius 3 is 2.37 bits per heavy atom. The lowest BCUT2D eigenvalue weighted by atomic mass is 9.99. The highest BCUT2D eigenvalue weighted by Gasteiger charge is 2.34. The molecule has 0 saturated heterocycles. The first-order valence-corrected chi connectivity index (χ1v) is 11.2. The number of para-hydroxylation sites is 2. The van der Waals surface area contributed by atoms with Gasteiger partial charge in [-0.05, 0) is 51.8 Å². The van der Waals surface area contributed by atoms with Gasteiger partial charge in [0.25, 0.3) is 5.91 Å². The number of phenols is 1. The number of carbonyl (C=O) groups excluding carboxylic acids is 3. The monoisotopic (exact) mass is 500 g/mol. The predicted octanol–water partition coefficient (Wildman–Crippen LogP) is 4.22. The van der Waals surface area contributed by atoms with Crippen LogP contribution in [0.3, 0.4) is 0 Å². The van der Waals surface area contributed by atoms with E-state index in [1.54, 1.807) is 65.0 Å². The molecule has 10 heteroatoms. The van der Waals surface area contributed by atoms with E-state index in [0.717, 1.165) is 4.90 Å². The van der Waals surface area contributed by atoms with Gasteiger partial charge >= 0.3 is 6.09 Å². The summed E-state index contributed by atoms with van der Waals surface area (Å²) in [4.78, 5) is 39.7. The number of ether oxygens (including phenoxy) is 1. The van der Waals surface area contributed by atoms with Crippen LogP contribution in [-0.2, 0) is 14.3 Å². The Morgan fingerprint density at radius 1 is 1.14 bits per heavy atom. The number of benzene rings is 2. The van der Waals surface area contributed by atoms with Gasteiger partial charge in [0.05, 0.1) is 16.8 Å². The molecule has 186 valence electrons. The molecule has 0 aliphatic carbocycles. The zero-order chi connectivity index (χ0) is 26.3. The van der Waals surface area contributed by atoms with Crippen molar-refractivity contribution in [1.29, 1.82) is 5.26 Å². The molecule has 1 atom stereocenters. The van der Waals surface area contributed by atoms with E-state index in [0.29, 0.717) is 16.8 Å². The quantitative estimate of drug-likeness (QED) is 0.488.